The molecule has 4 rings (SSSR count). The molecule has 0 radical (unpaired) electrons. The van der Waals surface area contributed by atoms with E-state index in [0.29, 0.717) is 22.5 Å². The number of benzene rings is 1. The molecule has 1 fully saturated rings. The fourth-order valence-electron chi connectivity index (χ4n) is 4.20. The van der Waals surface area contributed by atoms with Gasteiger partial charge in [-0.25, -0.2) is 0 Å². The number of methoxy groups -OCH3 is 1. The molecule has 2 heterocycles. The molecule has 1 aromatic carbocycles. The summed E-state index contributed by atoms with van der Waals surface area (Å²) in [6.07, 6.45) is 8.21. The summed E-state index contributed by atoms with van der Waals surface area (Å²) in [7, 11) is 1.57. The van der Waals surface area contributed by atoms with Gasteiger partial charge < -0.3 is 10.1 Å². The van der Waals surface area contributed by atoms with Gasteiger partial charge in [-0.05, 0) is 49.7 Å². The van der Waals surface area contributed by atoms with Crippen molar-refractivity contribution in [2.75, 3.05) is 12.4 Å². The molecule has 1 aliphatic rings. The van der Waals surface area contributed by atoms with E-state index >= 15 is 0 Å². The van der Waals surface area contributed by atoms with Crippen LogP contribution in [0.25, 0.3) is 10.9 Å². The summed E-state index contributed by atoms with van der Waals surface area (Å²) in [5, 5.41) is 16.5. The smallest absolute Gasteiger partial charge is 0.276 e. The molecule has 0 atom stereocenters. The lowest BCUT2D eigenvalue weighted by atomic mass is 9.80. The zero-order valence-electron chi connectivity index (χ0n) is 17.4. The summed E-state index contributed by atoms with van der Waals surface area (Å²) in [6, 6.07) is 5.62. The summed E-state index contributed by atoms with van der Waals surface area (Å²) < 4.78 is 7.56. The van der Waals surface area contributed by atoms with E-state index < -0.39 is 5.91 Å². The number of fused-ring (bicyclic) bond motifs is 1. The number of halogens is 1. The molecule has 158 valence electrons. The summed E-state index contributed by atoms with van der Waals surface area (Å²) >= 11 is 5.91. The average molecular weight is 428 g/mol. The van der Waals surface area contributed by atoms with Crippen LogP contribution in [0.1, 0.15) is 56.1 Å². The molecule has 1 amide bonds. The molecular formula is C22H26ClN5O2. The second kappa shape index (κ2) is 8.60. The number of hydrogen-bond donors (Lipinski definition) is 1. The van der Waals surface area contributed by atoms with Gasteiger partial charge in [-0.15, -0.1) is 5.10 Å². The number of carbonyl (C=O) groups is 1. The first-order valence-corrected chi connectivity index (χ1v) is 10.7. The molecule has 0 aliphatic heterocycles. The summed E-state index contributed by atoms with van der Waals surface area (Å²) in [4.78, 5) is 12.6. The maximum atomic E-state index is 12.6. The molecule has 7 nitrogen and oxygen atoms in total. The standard InChI is InChI=1S/C22H26ClN5O2/c1-13(2)14-4-6-17(7-5-14)28-12-15-8-19(21(30-3)10-18(15)27-28)25-22(29)20-9-16(23)11-24-26-20/h8-14,17H,4-7H2,1-3H3,(H,25,29). The first-order chi connectivity index (χ1) is 14.4. The van der Waals surface area contributed by atoms with E-state index in [-0.39, 0.29) is 5.69 Å². The Labute approximate surface area is 180 Å². The van der Waals surface area contributed by atoms with Crippen molar-refractivity contribution in [3.8, 4) is 5.75 Å². The second-order valence-electron chi connectivity index (χ2n) is 8.25. The van der Waals surface area contributed by atoms with Crippen LogP contribution in [-0.2, 0) is 0 Å². The van der Waals surface area contributed by atoms with Gasteiger partial charge in [0.15, 0.2) is 5.69 Å². The van der Waals surface area contributed by atoms with Crippen LogP contribution in [0.3, 0.4) is 0 Å². The van der Waals surface area contributed by atoms with Crippen molar-refractivity contribution in [2.24, 2.45) is 11.8 Å². The van der Waals surface area contributed by atoms with Gasteiger partial charge in [-0.1, -0.05) is 25.4 Å². The van der Waals surface area contributed by atoms with E-state index in [2.05, 4.69) is 40.2 Å². The highest BCUT2D eigenvalue weighted by Gasteiger charge is 2.25. The van der Waals surface area contributed by atoms with Crippen molar-refractivity contribution in [1.29, 1.82) is 0 Å². The number of carbonyl (C=O) groups excluding carboxylic acids is 1. The Kier molecular flexibility index (Phi) is 5.90. The number of aromatic nitrogens is 4. The predicted octanol–water partition coefficient (Wildman–Crippen LogP) is 5.13. The number of amides is 1. The summed E-state index contributed by atoms with van der Waals surface area (Å²) in [5.41, 5.74) is 1.54. The van der Waals surface area contributed by atoms with Crippen LogP contribution in [0.5, 0.6) is 5.75 Å². The monoisotopic (exact) mass is 427 g/mol. The van der Waals surface area contributed by atoms with Gasteiger partial charge in [-0.3, -0.25) is 9.48 Å². The lowest BCUT2D eigenvalue weighted by molar-refractivity contribution is 0.102. The fraction of sp³-hybridized carbons (Fsp3) is 0.455. The normalized spacial score (nSPS) is 19.2. The van der Waals surface area contributed by atoms with Crippen molar-refractivity contribution in [3.63, 3.8) is 0 Å². The van der Waals surface area contributed by atoms with Crippen LogP contribution in [-0.4, -0.2) is 33.0 Å². The molecule has 1 saturated carbocycles. The summed E-state index contributed by atoms with van der Waals surface area (Å²) in [6.45, 7) is 4.62. The molecular weight excluding hydrogens is 402 g/mol. The number of nitrogens with zero attached hydrogens (tertiary/aromatic N) is 4. The van der Waals surface area contributed by atoms with E-state index in [1.165, 1.54) is 25.1 Å². The molecule has 30 heavy (non-hydrogen) atoms. The fourth-order valence-corrected chi connectivity index (χ4v) is 4.35. The van der Waals surface area contributed by atoms with Gasteiger partial charge in [0.05, 0.1) is 35.6 Å². The van der Waals surface area contributed by atoms with E-state index in [1.54, 1.807) is 7.11 Å². The largest absolute Gasteiger partial charge is 0.494 e. The van der Waals surface area contributed by atoms with Gasteiger partial charge in [0.1, 0.15) is 5.75 Å². The predicted molar refractivity (Wildman–Crippen MR) is 117 cm³/mol. The number of nitrogens with one attached hydrogen (secondary N) is 1. The molecule has 0 spiro atoms. The number of hydrogen-bond acceptors (Lipinski definition) is 5. The number of anilines is 1. The lowest BCUT2D eigenvalue weighted by Crippen LogP contribution is -2.21. The van der Waals surface area contributed by atoms with Gasteiger partial charge in [-0.2, -0.15) is 10.2 Å². The second-order valence-corrected chi connectivity index (χ2v) is 8.68. The molecule has 2 aromatic heterocycles. The topological polar surface area (TPSA) is 81.9 Å². The van der Waals surface area contributed by atoms with Crippen LogP contribution in [0.4, 0.5) is 5.69 Å². The molecule has 0 saturated heterocycles. The summed E-state index contributed by atoms with van der Waals surface area (Å²) in [5.74, 6) is 1.69. The van der Waals surface area contributed by atoms with Crippen molar-refractivity contribution in [2.45, 2.75) is 45.6 Å². The van der Waals surface area contributed by atoms with Crippen molar-refractivity contribution in [3.05, 3.63) is 41.3 Å². The van der Waals surface area contributed by atoms with Crippen LogP contribution in [0.15, 0.2) is 30.6 Å². The highest BCUT2D eigenvalue weighted by molar-refractivity contribution is 6.30. The SMILES string of the molecule is COc1cc2nn(C3CCC(C(C)C)CC3)cc2cc1NC(=O)c1cc(Cl)cnn1. The molecule has 8 heteroatoms. The Morgan fingerprint density at radius 3 is 2.67 bits per heavy atom. The Bertz CT molecular complexity index is 1060. The Hall–Kier alpha value is -2.67. The molecule has 0 bridgehead atoms. The number of rotatable bonds is 5. The van der Waals surface area contributed by atoms with Crippen LogP contribution >= 0.6 is 11.6 Å². The third-order valence-corrected chi connectivity index (χ3v) is 6.21. The van der Waals surface area contributed by atoms with Crippen molar-refractivity contribution in [1.82, 2.24) is 20.0 Å². The Morgan fingerprint density at radius 2 is 2.00 bits per heavy atom. The highest BCUT2D eigenvalue weighted by atomic mass is 35.5. The Morgan fingerprint density at radius 1 is 1.23 bits per heavy atom. The van der Waals surface area contributed by atoms with Gasteiger partial charge in [0.25, 0.3) is 5.91 Å². The van der Waals surface area contributed by atoms with Gasteiger partial charge >= 0.3 is 0 Å². The minimum absolute atomic E-state index is 0.141. The van der Waals surface area contributed by atoms with Crippen LogP contribution in [0.2, 0.25) is 5.02 Å². The maximum Gasteiger partial charge on any atom is 0.276 e. The number of ether oxygens (including phenoxy) is 1. The van der Waals surface area contributed by atoms with Crippen molar-refractivity contribution >= 4 is 34.1 Å². The average Bonchev–Trinajstić information content (AvgIpc) is 3.16. The third-order valence-electron chi connectivity index (χ3n) is 6.00. The maximum absolute atomic E-state index is 12.6. The minimum atomic E-state index is -0.401. The first-order valence-electron chi connectivity index (χ1n) is 10.3. The van der Waals surface area contributed by atoms with E-state index in [4.69, 9.17) is 21.4 Å². The minimum Gasteiger partial charge on any atom is -0.494 e. The molecule has 0 unspecified atom stereocenters. The van der Waals surface area contributed by atoms with Crippen LogP contribution in [0, 0.1) is 11.8 Å². The quantitative estimate of drug-likeness (QED) is 0.610. The Balaban J connectivity index is 1.57. The van der Waals surface area contributed by atoms with E-state index in [0.717, 1.165) is 35.6 Å². The zero-order chi connectivity index (χ0) is 21.3. The molecule has 1 aliphatic carbocycles. The lowest BCUT2D eigenvalue weighted by Gasteiger charge is -2.30. The van der Waals surface area contributed by atoms with Gasteiger partial charge in [0.2, 0.25) is 0 Å². The highest BCUT2D eigenvalue weighted by Crippen LogP contribution is 2.37. The first kappa shape index (κ1) is 20.6. The van der Waals surface area contributed by atoms with E-state index in [9.17, 15) is 4.79 Å². The molecule has 1 N–H and O–H groups in total. The zero-order valence-corrected chi connectivity index (χ0v) is 18.2. The van der Waals surface area contributed by atoms with Gasteiger partial charge in [0, 0.05) is 17.6 Å². The van der Waals surface area contributed by atoms with E-state index in [1.807, 2.05) is 12.1 Å². The van der Waals surface area contributed by atoms with Crippen molar-refractivity contribution < 1.29 is 9.53 Å². The van der Waals surface area contributed by atoms with Crippen LogP contribution < -0.4 is 10.1 Å². The molecule has 3 aromatic rings. The third kappa shape index (κ3) is 4.26.